The van der Waals surface area contributed by atoms with E-state index in [0.29, 0.717) is 22.3 Å². The number of ether oxygens (including phenoxy) is 1. The zero-order chi connectivity index (χ0) is 17.7. The van der Waals surface area contributed by atoms with E-state index in [0.717, 1.165) is 10.0 Å². The van der Waals surface area contributed by atoms with Gasteiger partial charge in [0.05, 0.1) is 24.1 Å². The second-order valence-corrected chi connectivity index (χ2v) is 6.79. The van der Waals surface area contributed by atoms with Crippen LogP contribution in [0.15, 0.2) is 56.1 Å². The quantitative estimate of drug-likeness (QED) is 0.658. The molecule has 0 bridgehead atoms. The Morgan fingerprint density at radius 1 is 1.16 bits per heavy atom. The molecule has 0 aliphatic carbocycles. The molecule has 0 fully saturated rings. The van der Waals surface area contributed by atoms with Gasteiger partial charge in [0.25, 0.3) is 5.91 Å². The molecule has 3 aromatic rings. The van der Waals surface area contributed by atoms with Crippen LogP contribution in [0.2, 0.25) is 0 Å². The number of para-hydroxylation sites is 1. The number of carbonyl (C=O) groups is 1. The molecule has 0 radical (unpaired) electrons. The van der Waals surface area contributed by atoms with Crippen molar-refractivity contribution < 1.29 is 13.9 Å². The molecule has 0 N–H and O–H groups in total. The van der Waals surface area contributed by atoms with Crippen LogP contribution in [-0.2, 0) is 0 Å². The summed E-state index contributed by atoms with van der Waals surface area (Å²) in [5.41, 5.74) is 1.30. The van der Waals surface area contributed by atoms with Crippen LogP contribution in [-0.4, -0.2) is 25.0 Å². The molecule has 1 aliphatic rings. The molecular formula is C19H14BrNO4. The van der Waals surface area contributed by atoms with Gasteiger partial charge in [0.15, 0.2) is 5.43 Å². The number of methoxy groups -OCH3 is 1. The zero-order valence-corrected chi connectivity index (χ0v) is 15.2. The van der Waals surface area contributed by atoms with Gasteiger partial charge in [-0.05, 0) is 24.3 Å². The zero-order valence-electron chi connectivity index (χ0n) is 13.6. The van der Waals surface area contributed by atoms with E-state index in [2.05, 4.69) is 15.9 Å². The van der Waals surface area contributed by atoms with Crippen molar-refractivity contribution in [1.82, 2.24) is 4.90 Å². The van der Waals surface area contributed by atoms with Crippen molar-refractivity contribution in [2.45, 2.75) is 6.04 Å². The van der Waals surface area contributed by atoms with Crippen LogP contribution < -0.4 is 10.2 Å². The Hall–Kier alpha value is -2.60. The molecule has 2 aromatic carbocycles. The van der Waals surface area contributed by atoms with Crippen LogP contribution in [0.3, 0.4) is 0 Å². The fraction of sp³-hybridized carbons (Fsp3) is 0.158. The Bertz CT molecular complexity index is 1070. The smallest absolute Gasteiger partial charge is 0.290 e. The molecular weight excluding hydrogens is 386 g/mol. The average Bonchev–Trinajstić information content (AvgIpc) is 2.87. The van der Waals surface area contributed by atoms with Gasteiger partial charge in [-0.25, -0.2) is 0 Å². The Morgan fingerprint density at radius 3 is 2.68 bits per heavy atom. The maximum atomic E-state index is 13.1. The molecule has 0 unspecified atom stereocenters. The van der Waals surface area contributed by atoms with Crippen LogP contribution in [0, 0.1) is 0 Å². The second kappa shape index (κ2) is 5.74. The van der Waals surface area contributed by atoms with Crippen LogP contribution >= 0.6 is 15.9 Å². The fourth-order valence-electron chi connectivity index (χ4n) is 3.32. The first kappa shape index (κ1) is 15.9. The Kier molecular flexibility index (Phi) is 3.65. The highest BCUT2D eigenvalue weighted by Crippen LogP contribution is 2.40. The topological polar surface area (TPSA) is 59.8 Å². The lowest BCUT2D eigenvalue weighted by Crippen LogP contribution is -2.25. The van der Waals surface area contributed by atoms with Crippen molar-refractivity contribution in [2.24, 2.45) is 0 Å². The van der Waals surface area contributed by atoms with Gasteiger partial charge in [-0.1, -0.05) is 34.1 Å². The molecule has 5 nitrogen and oxygen atoms in total. The summed E-state index contributed by atoms with van der Waals surface area (Å²) in [5, 5.41) is 0.441. The van der Waals surface area contributed by atoms with E-state index < -0.39 is 6.04 Å². The highest BCUT2D eigenvalue weighted by Gasteiger charge is 2.41. The fourth-order valence-corrected chi connectivity index (χ4v) is 3.68. The van der Waals surface area contributed by atoms with Gasteiger partial charge in [0.2, 0.25) is 5.76 Å². The lowest BCUT2D eigenvalue weighted by molar-refractivity contribution is 0.0770. The third kappa shape index (κ3) is 2.28. The van der Waals surface area contributed by atoms with Gasteiger partial charge in [-0.3, -0.25) is 9.59 Å². The number of fused-ring (bicyclic) bond motifs is 2. The number of benzene rings is 2. The van der Waals surface area contributed by atoms with E-state index in [1.54, 1.807) is 32.4 Å². The van der Waals surface area contributed by atoms with E-state index in [1.165, 1.54) is 4.90 Å². The Labute approximate surface area is 151 Å². The van der Waals surface area contributed by atoms with Crippen molar-refractivity contribution in [3.8, 4) is 5.75 Å². The number of hydrogen-bond donors (Lipinski definition) is 0. The average molecular weight is 400 g/mol. The number of halogens is 1. The monoisotopic (exact) mass is 399 g/mol. The first-order valence-corrected chi connectivity index (χ1v) is 8.48. The second-order valence-electron chi connectivity index (χ2n) is 5.88. The minimum Gasteiger partial charge on any atom is -0.496 e. The van der Waals surface area contributed by atoms with E-state index in [1.807, 2.05) is 24.3 Å². The third-order valence-electron chi connectivity index (χ3n) is 4.50. The normalized spacial score (nSPS) is 16.4. The predicted molar refractivity (Wildman–Crippen MR) is 97.1 cm³/mol. The lowest BCUT2D eigenvalue weighted by Gasteiger charge is -2.22. The third-order valence-corrected chi connectivity index (χ3v) is 4.99. The van der Waals surface area contributed by atoms with Crippen molar-refractivity contribution in [3.05, 3.63) is 74.0 Å². The van der Waals surface area contributed by atoms with Gasteiger partial charge in [-0.15, -0.1) is 0 Å². The Balaban J connectivity index is 2.06. The number of rotatable bonds is 2. The molecule has 0 saturated carbocycles. The summed E-state index contributed by atoms with van der Waals surface area (Å²) in [6.07, 6.45) is 0. The highest BCUT2D eigenvalue weighted by atomic mass is 79.9. The molecule has 4 rings (SSSR count). The van der Waals surface area contributed by atoms with Crippen molar-refractivity contribution in [1.29, 1.82) is 0 Å². The summed E-state index contributed by atoms with van der Waals surface area (Å²) in [6.45, 7) is 0. The number of hydrogen-bond acceptors (Lipinski definition) is 4. The highest BCUT2D eigenvalue weighted by molar-refractivity contribution is 9.10. The van der Waals surface area contributed by atoms with Gasteiger partial charge in [0, 0.05) is 17.1 Å². The molecule has 1 amide bonds. The van der Waals surface area contributed by atoms with E-state index >= 15 is 0 Å². The first-order valence-electron chi connectivity index (χ1n) is 7.69. The summed E-state index contributed by atoms with van der Waals surface area (Å²) in [4.78, 5) is 27.3. The van der Waals surface area contributed by atoms with Crippen LogP contribution in [0.4, 0.5) is 0 Å². The molecule has 6 heteroatoms. The minimum atomic E-state index is -0.543. The van der Waals surface area contributed by atoms with E-state index in [9.17, 15) is 9.59 Å². The molecule has 0 saturated heterocycles. The maximum absolute atomic E-state index is 13.1. The standard InChI is InChI=1S/C19H14BrNO4/c1-21-16(11-5-3-4-6-13(11)24-2)15-17(22)12-9-10(20)7-8-14(12)25-18(15)19(21)23/h3-9,16H,1-2H3/t16-/m1/s1. The van der Waals surface area contributed by atoms with E-state index in [4.69, 9.17) is 9.15 Å². The molecule has 25 heavy (non-hydrogen) atoms. The lowest BCUT2D eigenvalue weighted by atomic mass is 9.98. The summed E-state index contributed by atoms with van der Waals surface area (Å²) in [5.74, 6) is 0.403. The molecule has 1 aliphatic heterocycles. The van der Waals surface area contributed by atoms with Crippen molar-refractivity contribution in [2.75, 3.05) is 14.2 Å². The van der Waals surface area contributed by atoms with Gasteiger partial charge >= 0.3 is 0 Å². The molecule has 1 atom stereocenters. The van der Waals surface area contributed by atoms with Crippen LogP contribution in [0.5, 0.6) is 5.75 Å². The number of carbonyl (C=O) groups excluding carboxylic acids is 1. The molecule has 1 aromatic heterocycles. The SMILES string of the molecule is COc1ccccc1[C@@H]1c2c(oc3ccc(Br)cc3c2=O)C(=O)N1C. The predicted octanol–water partition coefficient (Wildman–Crippen LogP) is 3.74. The minimum absolute atomic E-state index is 0.0956. The Morgan fingerprint density at radius 2 is 1.92 bits per heavy atom. The molecule has 2 heterocycles. The summed E-state index contributed by atoms with van der Waals surface area (Å²) in [7, 11) is 3.23. The summed E-state index contributed by atoms with van der Waals surface area (Å²) < 4.78 is 12.0. The number of amides is 1. The van der Waals surface area contributed by atoms with E-state index in [-0.39, 0.29) is 17.1 Å². The summed E-state index contributed by atoms with van der Waals surface area (Å²) >= 11 is 3.38. The number of nitrogens with zero attached hydrogens (tertiary/aromatic N) is 1. The first-order chi connectivity index (χ1) is 12.0. The van der Waals surface area contributed by atoms with Gasteiger partial charge < -0.3 is 14.1 Å². The van der Waals surface area contributed by atoms with Gasteiger partial charge in [-0.2, -0.15) is 0 Å². The molecule has 126 valence electrons. The van der Waals surface area contributed by atoms with Crippen molar-refractivity contribution >= 4 is 32.8 Å². The largest absolute Gasteiger partial charge is 0.496 e. The summed E-state index contributed by atoms with van der Waals surface area (Å²) in [6, 6.07) is 12.0. The van der Waals surface area contributed by atoms with Crippen LogP contribution in [0.1, 0.15) is 27.7 Å². The maximum Gasteiger partial charge on any atom is 0.290 e. The molecule has 0 spiro atoms. The van der Waals surface area contributed by atoms with Crippen LogP contribution in [0.25, 0.3) is 11.0 Å². The van der Waals surface area contributed by atoms with Gasteiger partial charge in [0.1, 0.15) is 11.3 Å². The van der Waals surface area contributed by atoms with Crippen molar-refractivity contribution in [3.63, 3.8) is 0 Å².